The predicted molar refractivity (Wildman–Crippen MR) is 82.4 cm³/mol. The van der Waals surface area contributed by atoms with E-state index in [1.807, 2.05) is 38.4 Å². The monoisotopic (exact) mass is 310 g/mol. The highest BCUT2D eigenvalue weighted by Gasteiger charge is 2.36. The van der Waals surface area contributed by atoms with Gasteiger partial charge in [0.2, 0.25) is 0 Å². The van der Waals surface area contributed by atoms with Crippen molar-refractivity contribution < 1.29 is 14.3 Å². The van der Waals surface area contributed by atoms with Crippen molar-refractivity contribution in [3.05, 3.63) is 18.0 Å². The van der Waals surface area contributed by atoms with Gasteiger partial charge < -0.3 is 15.2 Å². The van der Waals surface area contributed by atoms with E-state index in [2.05, 4.69) is 5.10 Å². The lowest BCUT2D eigenvalue weighted by molar-refractivity contribution is -0.0387. The topological polar surface area (TPSA) is 82.6 Å². The number of hydrogen-bond acceptors (Lipinski definition) is 5. The highest BCUT2D eigenvalue weighted by Crippen LogP contribution is 2.23. The Morgan fingerprint density at radius 3 is 2.95 bits per heavy atom. The van der Waals surface area contributed by atoms with E-state index in [1.54, 1.807) is 11.1 Å². The van der Waals surface area contributed by atoms with E-state index < -0.39 is 5.60 Å². The number of hydrogen-bond donors (Lipinski definition) is 1. The molecule has 124 valence electrons. The molecule has 1 aromatic rings. The standard InChI is InChI=1S/C15H26N4O3/c1-5-19-11(6-7-17-19)13(16)12-10-21-9-8-18(12)14(20)22-15(2,3)4/h6-7,12-13H,5,8-10,16H2,1-4H3. The Balaban J connectivity index is 2.17. The third kappa shape index (κ3) is 3.78. The van der Waals surface area contributed by atoms with Crippen molar-refractivity contribution in [2.75, 3.05) is 19.8 Å². The smallest absolute Gasteiger partial charge is 0.410 e. The van der Waals surface area contributed by atoms with Crippen LogP contribution in [0.5, 0.6) is 0 Å². The fourth-order valence-corrected chi connectivity index (χ4v) is 2.55. The summed E-state index contributed by atoms with van der Waals surface area (Å²) in [5, 5.41) is 4.24. The molecule has 1 aromatic heterocycles. The van der Waals surface area contributed by atoms with Gasteiger partial charge in [-0.2, -0.15) is 5.10 Å². The fraction of sp³-hybridized carbons (Fsp3) is 0.733. The highest BCUT2D eigenvalue weighted by atomic mass is 16.6. The molecule has 2 rings (SSSR count). The molecule has 0 spiro atoms. The van der Waals surface area contributed by atoms with E-state index in [-0.39, 0.29) is 18.2 Å². The van der Waals surface area contributed by atoms with Crippen molar-refractivity contribution >= 4 is 6.09 Å². The molecule has 2 unspecified atom stereocenters. The lowest BCUT2D eigenvalue weighted by atomic mass is 10.0. The molecule has 0 aliphatic carbocycles. The number of nitrogens with zero attached hydrogens (tertiary/aromatic N) is 3. The minimum Gasteiger partial charge on any atom is -0.444 e. The Kier molecular flexibility index (Phi) is 5.08. The van der Waals surface area contributed by atoms with Gasteiger partial charge in [0.15, 0.2) is 0 Å². The average molecular weight is 310 g/mol. The molecule has 1 aliphatic rings. The van der Waals surface area contributed by atoms with E-state index in [1.165, 1.54) is 0 Å². The fourth-order valence-electron chi connectivity index (χ4n) is 2.55. The molecular formula is C15H26N4O3. The van der Waals surface area contributed by atoms with Crippen LogP contribution in [-0.4, -0.2) is 52.2 Å². The molecule has 1 aliphatic heterocycles. The van der Waals surface area contributed by atoms with Crippen molar-refractivity contribution in [3.63, 3.8) is 0 Å². The van der Waals surface area contributed by atoms with Crippen LogP contribution in [0.4, 0.5) is 4.79 Å². The SMILES string of the molecule is CCn1nccc1C(N)C1COCCN1C(=O)OC(C)(C)C. The van der Waals surface area contributed by atoms with Crippen molar-refractivity contribution in [3.8, 4) is 0 Å². The van der Waals surface area contributed by atoms with Crippen LogP contribution in [0, 0.1) is 0 Å². The molecule has 1 amide bonds. The molecular weight excluding hydrogens is 284 g/mol. The van der Waals surface area contributed by atoms with Gasteiger partial charge in [-0.25, -0.2) is 4.79 Å². The number of morpholine rings is 1. The van der Waals surface area contributed by atoms with Crippen molar-refractivity contribution in [1.82, 2.24) is 14.7 Å². The maximum absolute atomic E-state index is 12.4. The van der Waals surface area contributed by atoms with Crippen LogP contribution >= 0.6 is 0 Å². The Hall–Kier alpha value is -1.60. The van der Waals surface area contributed by atoms with E-state index >= 15 is 0 Å². The zero-order chi connectivity index (χ0) is 16.3. The summed E-state index contributed by atoms with van der Waals surface area (Å²) in [4.78, 5) is 14.1. The number of aryl methyl sites for hydroxylation is 1. The van der Waals surface area contributed by atoms with Gasteiger partial charge in [-0.1, -0.05) is 0 Å². The summed E-state index contributed by atoms with van der Waals surface area (Å²) < 4.78 is 12.9. The summed E-state index contributed by atoms with van der Waals surface area (Å²) in [5.74, 6) is 0. The third-order valence-corrected chi connectivity index (χ3v) is 3.60. The van der Waals surface area contributed by atoms with Gasteiger partial charge >= 0.3 is 6.09 Å². The first kappa shape index (κ1) is 16.8. The number of carbonyl (C=O) groups is 1. The van der Waals surface area contributed by atoms with Crippen LogP contribution in [0.15, 0.2) is 12.3 Å². The normalized spacial score (nSPS) is 20.8. The Labute approximate surface area is 131 Å². The van der Waals surface area contributed by atoms with Crippen LogP contribution in [0.2, 0.25) is 0 Å². The van der Waals surface area contributed by atoms with Gasteiger partial charge in [0.25, 0.3) is 0 Å². The second-order valence-electron chi connectivity index (χ2n) is 6.41. The van der Waals surface area contributed by atoms with E-state index in [0.29, 0.717) is 19.8 Å². The first-order valence-corrected chi connectivity index (χ1v) is 7.68. The summed E-state index contributed by atoms with van der Waals surface area (Å²) in [6, 6.07) is 1.26. The zero-order valence-electron chi connectivity index (χ0n) is 13.8. The summed E-state index contributed by atoms with van der Waals surface area (Å²) in [7, 11) is 0. The number of rotatable bonds is 3. The second kappa shape index (κ2) is 6.66. The molecule has 0 bridgehead atoms. The molecule has 0 radical (unpaired) electrons. The Morgan fingerprint density at radius 2 is 2.32 bits per heavy atom. The number of aromatic nitrogens is 2. The minimum absolute atomic E-state index is 0.259. The average Bonchev–Trinajstić information content (AvgIpc) is 2.93. The van der Waals surface area contributed by atoms with Crippen molar-refractivity contribution in [2.24, 2.45) is 5.73 Å². The molecule has 1 saturated heterocycles. The van der Waals surface area contributed by atoms with E-state index in [0.717, 1.165) is 12.2 Å². The second-order valence-corrected chi connectivity index (χ2v) is 6.41. The highest BCUT2D eigenvalue weighted by molar-refractivity contribution is 5.69. The van der Waals surface area contributed by atoms with Gasteiger partial charge in [-0.3, -0.25) is 9.58 Å². The summed E-state index contributed by atoms with van der Waals surface area (Å²) in [6.07, 6.45) is 1.37. The zero-order valence-corrected chi connectivity index (χ0v) is 13.8. The van der Waals surface area contributed by atoms with Crippen LogP contribution < -0.4 is 5.73 Å². The Bertz CT molecular complexity index is 509. The summed E-state index contributed by atoms with van der Waals surface area (Å²) in [5.41, 5.74) is 6.75. The molecule has 2 atom stereocenters. The molecule has 7 heteroatoms. The summed E-state index contributed by atoms with van der Waals surface area (Å²) >= 11 is 0. The van der Waals surface area contributed by atoms with Crippen LogP contribution in [0.1, 0.15) is 39.4 Å². The number of nitrogens with two attached hydrogens (primary N) is 1. The summed E-state index contributed by atoms with van der Waals surface area (Å²) in [6.45, 7) is 9.67. The van der Waals surface area contributed by atoms with Gasteiger partial charge in [-0.15, -0.1) is 0 Å². The van der Waals surface area contributed by atoms with Gasteiger partial charge in [0, 0.05) is 19.3 Å². The van der Waals surface area contributed by atoms with Gasteiger partial charge in [-0.05, 0) is 33.8 Å². The third-order valence-electron chi connectivity index (χ3n) is 3.60. The number of amides is 1. The van der Waals surface area contributed by atoms with Gasteiger partial charge in [0.05, 0.1) is 31.0 Å². The molecule has 0 aromatic carbocycles. The van der Waals surface area contributed by atoms with Crippen LogP contribution in [0.25, 0.3) is 0 Å². The van der Waals surface area contributed by atoms with E-state index in [9.17, 15) is 4.79 Å². The maximum atomic E-state index is 12.4. The van der Waals surface area contributed by atoms with Crippen LogP contribution in [-0.2, 0) is 16.0 Å². The Morgan fingerprint density at radius 1 is 1.59 bits per heavy atom. The largest absolute Gasteiger partial charge is 0.444 e. The number of ether oxygens (including phenoxy) is 2. The number of carbonyl (C=O) groups excluding carboxylic acids is 1. The first-order valence-electron chi connectivity index (χ1n) is 7.68. The molecule has 2 N–H and O–H groups in total. The molecule has 22 heavy (non-hydrogen) atoms. The van der Waals surface area contributed by atoms with Crippen molar-refractivity contribution in [1.29, 1.82) is 0 Å². The van der Waals surface area contributed by atoms with Gasteiger partial charge in [0.1, 0.15) is 5.60 Å². The van der Waals surface area contributed by atoms with E-state index in [4.69, 9.17) is 15.2 Å². The molecule has 0 saturated carbocycles. The maximum Gasteiger partial charge on any atom is 0.410 e. The predicted octanol–water partition coefficient (Wildman–Crippen LogP) is 1.54. The quantitative estimate of drug-likeness (QED) is 0.915. The lowest BCUT2D eigenvalue weighted by Gasteiger charge is -2.39. The minimum atomic E-state index is -0.533. The van der Waals surface area contributed by atoms with Crippen LogP contribution in [0.3, 0.4) is 0 Å². The molecule has 7 nitrogen and oxygen atoms in total. The van der Waals surface area contributed by atoms with Crippen molar-refractivity contribution in [2.45, 2.75) is 51.9 Å². The molecule has 1 fully saturated rings. The lowest BCUT2D eigenvalue weighted by Crippen LogP contribution is -2.54. The molecule has 2 heterocycles. The first-order chi connectivity index (χ1) is 10.3.